The third-order valence-electron chi connectivity index (χ3n) is 2.24. The lowest BCUT2D eigenvalue weighted by atomic mass is 10.3. The fourth-order valence-electron chi connectivity index (χ4n) is 1.64. The molecule has 0 aromatic carbocycles. The number of aromatic nitrogens is 1. The van der Waals surface area contributed by atoms with Gasteiger partial charge >= 0.3 is 0 Å². The zero-order valence-electron chi connectivity index (χ0n) is 7.70. The summed E-state index contributed by atoms with van der Waals surface area (Å²) in [6, 6.07) is 3.72. The van der Waals surface area contributed by atoms with Crippen LogP contribution in [0.15, 0.2) is 22.3 Å². The Balaban J connectivity index is 2.97. The first-order valence-corrected chi connectivity index (χ1v) is 5.19. The first kappa shape index (κ1) is 8.51. The largest absolute Gasteiger partial charge is 0.344 e. The van der Waals surface area contributed by atoms with Crippen LogP contribution in [-0.4, -0.2) is 4.57 Å². The van der Waals surface area contributed by atoms with Crippen molar-refractivity contribution in [3.8, 4) is 0 Å². The van der Waals surface area contributed by atoms with Gasteiger partial charge in [0.2, 0.25) is 0 Å². The van der Waals surface area contributed by atoms with Crippen LogP contribution in [-0.2, 0) is 6.54 Å². The van der Waals surface area contributed by atoms with Gasteiger partial charge in [0.15, 0.2) is 5.43 Å². The quantitative estimate of drug-likeness (QED) is 0.681. The summed E-state index contributed by atoms with van der Waals surface area (Å²) in [6.45, 7) is 4.98. The van der Waals surface area contributed by atoms with Crippen molar-refractivity contribution in [1.82, 2.24) is 4.57 Å². The van der Waals surface area contributed by atoms with Crippen LogP contribution in [0.1, 0.15) is 12.6 Å². The maximum absolute atomic E-state index is 11.5. The highest BCUT2D eigenvalue weighted by Gasteiger charge is 2.05. The highest BCUT2D eigenvalue weighted by molar-refractivity contribution is 7.17. The van der Waals surface area contributed by atoms with Gasteiger partial charge in [0.25, 0.3) is 0 Å². The molecule has 0 fully saturated rings. The molecule has 0 amide bonds. The molecule has 0 saturated carbocycles. The van der Waals surface area contributed by atoms with Crippen LogP contribution >= 0.6 is 11.3 Å². The maximum atomic E-state index is 11.5. The molecule has 2 nitrogen and oxygen atoms in total. The van der Waals surface area contributed by atoms with Crippen molar-refractivity contribution < 1.29 is 0 Å². The van der Waals surface area contributed by atoms with Crippen molar-refractivity contribution >= 4 is 21.6 Å². The predicted molar refractivity (Wildman–Crippen MR) is 56.5 cm³/mol. The highest BCUT2D eigenvalue weighted by Crippen LogP contribution is 2.18. The Kier molecular flexibility index (Phi) is 1.96. The van der Waals surface area contributed by atoms with E-state index < -0.39 is 0 Å². The molecule has 0 unspecified atom stereocenters. The van der Waals surface area contributed by atoms with Gasteiger partial charge in [-0.1, -0.05) is 0 Å². The Morgan fingerprint density at radius 1 is 1.54 bits per heavy atom. The summed E-state index contributed by atoms with van der Waals surface area (Å²) >= 11 is 1.52. The summed E-state index contributed by atoms with van der Waals surface area (Å²) in [5, 5.41) is 1.97. The normalized spacial score (nSPS) is 10.9. The molecule has 0 spiro atoms. The van der Waals surface area contributed by atoms with Crippen molar-refractivity contribution in [2.75, 3.05) is 0 Å². The van der Waals surface area contributed by atoms with Gasteiger partial charge < -0.3 is 4.57 Å². The van der Waals surface area contributed by atoms with Crippen molar-refractivity contribution in [3.05, 3.63) is 33.4 Å². The van der Waals surface area contributed by atoms with Crippen LogP contribution in [0.2, 0.25) is 0 Å². The monoisotopic (exact) mass is 193 g/mol. The molecule has 0 aliphatic heterocycles. The van der Waals surface area contributed by atoms with E-state index in [0.717, 1.165) is 22.5 Å². The maximum Gasteiger partial charge on any atom is 0.199 e. The van der Waals surface area contributed by atoms with Crippen LogP contribution in [0, 0.1) is 6.92 Å². The number of hydrogen-bond acceptors (Lipinski definition) is 2. The van der Waals surface area contributed by atoms with E-state index in [9.17, 15) is 4.79 Å². The second-order valence-corrected chi connectivity index (χ2v) is 3.95. The molecule has 2 aromatic heterocycles. The van der Waals surface area contributed by atoms with Crippen LogP contribution < -0.4 is 5.43 Å². The Bertz CT molecular complexity index is 495. The highest BCUT2D eigenvalue weighted by atomic mass is 32.1. The molecule has 0 saturated heterocycles. The molecule has 68 valence electrons. The summed E-state index contributed by atoms with van der Waals surface area (Å²) in [4.78, 5) is 11.5. The van der Waals surface area contributed by atoms with Crippen molar-refractivity contribution in [3.63, 3.8) is 0 Å². The molecule has 0 aliphatic rings. The second-order valence-electron chi connectivity index (χ2n) is 3.03. The molecule has 13 heavy (non-hydrogen) atoms. The van der Waals surface area contributed by atoms with Crippen molar-refractivity contribution in [2.45, 2.75) is 20.4 Å². The third-order valence-corrected chi connectivity index (χ3v) is 3.16. The standard InChI is InChI=1S/C10H11NOS/c1-3-11-7(2)6-9(12)10-8(11)4-5-13-10/h4-6H,3H2,1-2H3. The van der Waals surface area contributed by atoms with Gasteiger partial charge in [0.05, 0.1) is 10.2 Å². The number of thiophene rings is 1. The van der Waals surface area contributed by atoms with Gasteiger partial charge in [-0.3, -0.25) is 4.79 Å². The summed E-state index contributed by atoms with van der Waals surface area (Å²) in [6.07, 6.45) is 0. The van der Waals surface area contributed by atoms with E-state index in [-0.39, 0.29) is 5.43 Å². The topological polar surface area (TPSA) is 22.0 Å². The average molecular weight is 193 g/mol. The number of fused-ring (bicyclic) bond motifs is 1. The predicted octanol–water partition coefficient (Wildman–Crippen LogP) is 2.39. The van der Waals surface area contributed by atoms with Crippen molar-refractivity contribution in [2.24, 2.45) is 0 Å². The Labute approximate surface area is 80.4 Å². The van der Waals surface area contributed by atoms with Crippen LogP contribution in [0.3, 0.4) is 0 Å². The Morgan fingerprint density at radius 2 is 2.31 bits per heavy atom. The van der Waals surface area contributed by atoms with Crippen LogP contribution in [0.4, 0.5) is 0 Å². The van der Waals surface area contributed by atoms with Crippen LogP contribution in [0.25, 0.3) is 10.2 Å². The van der Waals surface area contributed by atoms with E-state index in [4.69, 9.17) is 0 Å². The molecule has 2 rings (SSSR count). The smallest absolute Gasteiger partial charge is 0.199 e. The summed E-state index contributed by atoms with van der Waals surface area (Å²) < 4.78 is 3.03. The lowest BCUT2D eigenvalue weighted by molar-refractivity contribution is 0.759. The molecular weight excluding hydrogens is 182 g/mol. The number of rotatable bonds is 1. The van der Waals surface area contributed by atoms with Gasteiger partial charge in [-0.2, -0.15) is 0 Å². The third kappa shape index (κ3) is 1.20. The lowest BCUT2D eigenvalue weighted by Crippen LogP contribution is -2.08. The lowest BCUT2D eigenvalue weighted by Gasteiger charge is -2.08. The number of nitrogens with zero attached hydrogens (tertiary/aromatic N) is 1. The number of aryl methyl sites for hydroxylation is 2. The summed E-state index contributed by atoms with van der Waals surface area (Å²) in [5.74, 6) is 0. The molecule has 0 N–H and O–H groups in total. The van der Waals surface area contributed by atoms with Gasteiger partial charge in [-0.25, -0.2) is 0 Å². The van der Waals surface area contributed by atoms with E-state index in [1.165, 1.54) is 11.3 Å². The van der Waals surface area contributed by atoms with E-state index in [1.54, 1.807) is 6.07 Å². The van der Waals surface area contributed by atoms with Crippen molar-refractivity contribution in [1.29, 1.82) is 0 Å². The average Bonchev–Trinajstić information content (AvgIpc) is 2.53. The summed E-state index contributed by atoms with van der Waals surface area (Å²) in [7, 11) is 0. The minimum atomic E-state index is 0.146. The molecule has 3 heteroatoms. The summed E-state index contributed by atoms with van der Waals surface area (Å²) in [5.41, 5.74) is 2.25. The Morgan fingerprint density at radius 3 is 3.00 bits per heavy atom. The number of hydrogen-bond donors (Lipinski definition) is 0. The minimum absolute atomic E-state index is 0.146. The first-order valence-electron chi connectivity index (χ1n) is 4.31. The van der Waals surface area contributed by atoms with E-state index >= 15 is 0 Å². The van der Waals surface area contributed by atoms with E-state index in [2.05, 4.69) is 11.5 Å². The zero-order valence-corrected chi connectivity index (χ0v) is 8.52. The van der Waals surface area contributed by atoms with Gasteiger partial charge in [0.1, 0.15) is 0 Å². The molecule has 0 atom stereocenters. The van der Waals surface area contributed by atoms with E-state index in [0.29, 0.717) is 0 Å². The second kappa shape index (κ2) is 3.00. The SMILES string of the molecule is CCn1c(C)cc(=O)c2sccc21. The first-order chi connectivity index (χ1) is 6.24. The van der Waals surface area contributed by atoms with Gasteiger partial charge in [-0.05, 0) is 25.3 Å². The zero-order chi connectivity index (χ0) is 9.42. The molecular formula is C10H11NOS. The molecule has 2 heterocycles. The van der Waals surface area contributed by atoms with E-state index in [1.807, 2.05) is 18.4 Å². The minimum Gasteiger partial charge on any atom is -0.344 e. The molecule has 0 bridgehead atoms. The van der Waals surface area contributed by atoms with Gasteiger partial charge in [-0.15, -0.1) is 11.3 Å². The molecule has 0 aliphatic carbocycles. The Hall–Kier alpha value is -1.09. The molecule has 0 radical (unpaired) electrons. The van der Waals surface area contributed by atoms with Gasteiger partial charge in [0, 0.05) is 18.3 Å². The molecule has 2 aromatic rings. The fourth-order valence-corrected chi connectivity index (χ4v) is 2.45. The number of pyridine rings is 1. The van der Waals surface area contributed by atoms with Crippen LogP contribution in [0.5, 0.6) is 0 Å². The fraction of sp³-hybridized carbons (Fsp3) is 0.300.